The number of carbonyl (C=O) groups is 1. The van der Waals surface area contributed by atoms with Crippen LogP contribution in [0.4, 0.5) is 11.4 Å². The van der Waals surface area contributed by atoms with E-state index in [2.05, 4.69) is 5.32 Å². The average Bonchev–Trinajstić information content (AvgIpc) is 3.15. The number of aryl methyl sites for hydroxylation is 2. The monoisotopic (exact) mass is 440 g/mol. The van der Waals surface area contributed by atoms with Gasteiger partial charge in [0.25, 0.3) is 15.9 Å². The molecule has 0 aliphatic carbocycles. The van der Waals surface area contributed by atoms with E-state index in [0.29, 0.717) is 34.9 Å². The molecule has 1 N–H and O–H groups in total. The number of carbonyl (C=O) groups excluding carboxylic acids is 1. The first-order chi connectivity index (χ1) is 14.3. The summed E-state index contributed by atoms with van der Waals surface area (Å²) in [5.41, 5.74) is 4.48. The van der Waals surface area contributed by atoms with E-state index in [9.17, 15) is 13.2 Å². The zero-order valence-corrected chi connectivity index (χ0v) is 18.2. The van der Waals surface area contributed by atoms with Gasteiger partial charge in [0.1, 0.15) is 0 Å². The first-order valence-electron chi connectivity index (χ1n) is 9.55. The van der Waals surface area contributed by atoms with Crippen molar-refractivity contribution in [2.75, 3.05) is 16.2 Å². The summed E-state index contributed by atoms with van der Waals surface area (Å²) in [5, 5.41) is 3.42. The van der Waals surface area contributed by atoms with Gasteiger partial charge in [0.15, 0.2) is 0 Å². The van der Waals surface area contributed by atoms with Crippen molar-refractivity contribution < 1.29 is 13.2 Å². The Morgan fingerprint density at radius 3 is 2.47 bits per heavy atom. The molecule has 7 heteroatoms. The topological polar surface area (TPSA) is 66.5 Å². The molecule has 1 aliphatic rings. The van der Waals surface area contributed by atoms with E-state index < -0.39 is 10.0 Å². The maximum absolute atomic E-state index is 13.1. The molecule has 0 radical (unpaired) electrons. The first-order valence-corrected chi connectivity index (χ1v) is 11.4. The highest BCUT2D eigenvalue weighted by atomic mass is 35.5. The Kier molecular flexibility index (Phi) is 5.30. The Balaban J connectivity index is 1.60. The quantitative estimate of drug-likeness (QED) is 0.623. The maximum atomic E-state index is 13.1. The molecule has 1 amide bonds. The fraction of sp³-hybridized carbons (Fsp3) is 0.174. The number of nitrogens with zero attached hydrogens (tertiary/aromatic N) is 1. The molecule has 0 spiro atoms. The lowest BCUT2D eigenvalue weighted by Crippen LogP contribution is -2.29. The van der Waals surface area contributed by atoms with Gasteiger partial charge in [-0.25, -0.2) is 8.42 Å². The van der Waals surface area contributed by atoms with Crippen molar-refractivity contribution in [1.82, 2.24) is 0 Å². The van der Waals surface area contributed by atoms with E-state index in [1.165, 1.54) is 4.31 Å². The van der Waals surface area contributed by atoms with Gasteiger partial charge in [-0.2, -0.15) is 0 Å². The highest BCUT2D eigenvalue weighted by Gasteiger charge is 2.31. The summed E-state index contributed by atoms with van der Waals surface area (Å²) in [6.07, 6.45) is 0.553. The zero-order chi connectivity index (χ0) is 21.5. The van der Waals surface area contributed by atoms with Crippen molar-refractivity contribution >= 4 is 38.9 Å². The second-order valence-corrected chi connectivity index (χ2v) is 9.70. The van der Waals surface area contributed by atoms with Gasteiger partial charge in [0.05, 0.1) is 10.6 Å². The molecule has 3 aromatic rings. The predicted molar refractivity (Wildman–Crippen MR) is 120 cm³/mol. The fourth-order valence-corrected chi connectivity index (χ4v) is 5.20. The van der Waals surface area contributed by atoms with Crippen LogP contribution in [0.25, 0.3) is 0 Å². The van der Waals surface area contributed by atoms with E-state index in [4.69, 9.17) is 11.6 Å². The molecular formula is C23H21ClN2O3S. The number of sulfonamides is 1. The van der Waals surface area contributed by atoms with Gasteiger partial charge in [-0.05, 0) is 73.9 Å². The number of hydrogen-bond donors (Lipinski definition) is 1. The number of anilines is 2. The SMILES string of the molecule is Cc1ccc(S(=O)(=O)N2CCc3cc(C(=O)Nc4cc(Cl)ccc4C)ccc32)cc1. The van der Waals surface area contributed by atoms with Crippen LogP contribution < -0.4 is 9.62 Å². The summed E-state index contributed by atoms with van der Waals surface area (Å²) in [5.74, 6) is -0.261. The molecule has 0 bridgehead atoms. The molecule has 4 rings (SSSR count). The molecule has 1 aliphatic heterocycles. The normalized spacial score (nSPS) is 13.2. The van der Waals surface area contributed by atoms with Gasteiger partial charge in [-0.3, -0.25) is 9.10 Å². The number of fused-ring (bicyclic) bond motifs is 1. The van der Waals surface area contributed by atoms with Crippen LogP contribution in [0.1, 0.15) is 27.0 Å². The third-order valence-corrected chi connectivity index (χ3v) is 7.31. The number of halogens is 1. The van der Waals surface area contributed by atoms with Crippen LogP contribution in [0.5, 0.6) is 0 Å². The molecule has 0 fully saturated rings. The Labute approximate surface area is 181 Å². The van der Waals surface area contributed by atoms with E-state index in [-0.39, 0.29) is 10.8 Å². The molecule has 1 heterocycles. The first kappa shape index (κ1) is 20.4. The number of benzene rings is 3. The Bertz CT molecular complexity index is 1240. The molecule has 0 aromatic heterocycles. The van der Waals surface area contributed by atoms with Crippen LogP contribution >= 0.6 is 11.6 Å². The molecule has 154 valence electrons. The van der Waals surface area contributed by atoms with E-state index in [0.717, 1.165) is 16.7 Å². The van der Waals surface area contributed by atoms with Gasteiger partial charge in [0.2, 0.25) is 0 Å². The van der Waals surface area contributed by atoms with E-state index in [1.54, 1.807) is 54.6 Å². The van der Waals surface area contributed by atoms with Crippen molar-refractivity contribution in [3.05, 3.63) is 87.9 Å². The number of hydrogen-bond acceptors (Lipinski definition) is 3. The largest absolute Gasteiger partial charge is 0.322 e. The maximum Gasteiger partial charge on any atom is 0.264 e. The summed E-state index contributed by atoms with van der Waals surface area (Å²) in [6.45, 7) is 4.16. The lowest BCUT2D eigenvalue weighted by Gasteiger charge is -2.20. The van der Waals surface area contributed by atoms with Gasteiger partial charge in [0, 0.05) is 22.8 Å². The molecule has 5 nitrogen and oxygen atoms in total. The smallest absolute Gasteiger partial charge is 0.264 e. The van der Waals surface area contributed by atoms with E-state index >= 15 is 0 Å². The van der Waals surface area contributed by atoms with Crippen molar-refractivity contribution in [2.24, 2.45) is 0 Å². The van der Waals surface area contributed by atoms with Gasteiger partial charge in [-0.15, -0.1) is 0 Å². The second-order valence-electron chi connectivity index (χ2n) is 7.40. The Morgan fingerprint density at radius 2 is 1.73 bits per heavy atom. The Morgan fingerprint density at radius 1 is 1.00 bits per heavy atom. The van der Waals surface area contributed by atoms with Crippen LogP contribution in [-0.2, 0) is 16.4 Å². The standard InChI is InChI=1S/C23H21ClN2O3S/c1-15-3-8-20(9-4-15)30(28,29)26-12-11-17-13-18(6-10-22(17)26)23(27)25-21-14-19(24)7-5-16(21)2/h3-10,13-14H,11-12H2,1-2H3,(H,25,27). The second kappa shape index (κ2) is 7.78. The van der Waals surface area contributed by atoms with Gasteiger partial charge >= 0.3 is 0 Å². The minimum atomic E-state index is -3.64. The molecule has 30 heavy (non-hydrogen) atoms. The third-order valence-electron chi connectivity index (χ3n) is 5.25. The number of nitrogens with one attached hydrogen (secondary N) is 1. The number of rotatable bonds is 4. The van der Waals surface area contributed by atoms with Gasteiger partial charge < -0.3 is 5.32 Å². The highest BCUT2D eigenvalue weighted by Crippen LogP contribution is 2.34. The molecule has 0 atom stereocenters. The van der Waals surface area contributed by atoms with Crippen molar-refractivity contribution in [1.29, 1.82) is 0 Å². The third kappa shape index (κ3) is 3.80. The van der Waals surface area contributed by atoms with Crippen LogP contribution in [0, 0.1) is 13.8 Å². The molecular weight excluding hydrogens is 420 g/mol. The minimum absolute atomic E-state index is 0.261. The molecule has 0 unspecified atom stereocenters. The minimum Gasteiger partial charge on any atom is -0.322 e. The fourth-order valence-electron chi connectivity index (χ4n) is 3.52. The van der Waals surface area contributed by atoms with Crippen molar-refractivity contribution in [3.63, 3.8) is 0 Å². The molecule has 0 saturated heterocycles. The van der Waals surface area contributed by atoms with Crippen LogP contribution in [0.3, 0.4) is 0 Å². The lowest BCUT2D eigenvalue weighted by molar-refractivity contribution is 0.102. The van der Waals surface area contributed by atoms with Crippen molar-refractivity contribution in [2.45, 2.75) is 25.2 Å². The molecule has 0 saturated carbocycles. The van der Waals surface area contributed by atoms with Crippen LogP contribution in [-0.4, -0.2) is 20.9 Å². The zero-order valence-electron chi connectivity index (χ0n) is 16.6. The average molecular weight is 441 g/mol. The Hall–Kier alpha value is -2.83. The van der Waals surface area contributed by atoms with Crippen molar-refractivity contribution in [3.8, 4) is 0 Å². The number of amides is 1. The predicted octanol–water partition coefficient (Wildman–Crippen LogP) is 4.96. The highest BCUT2D eigenvalue weighted by molar-refractivity contribution is 7.92. The van der Waals surface area contributed by atoms with Crippen LogP contribution in [0.2, 0.25) is 5.02 Å². The summed E-state index contributed by atoms with van der Waals surface area (Å²) in [7, 11) is -3.64. The van der Waals surface area contributed by atoms with Crippen LogP contribution in [0.15, 0.2) is 65.6 Å². The summed E-state index contributed by atoms with van der Waals surface area (Å²) in [6, 6.07) is 17.2. The summed E-state index contributed by atoms with van der Waals surface area (Å²) >= 11 is 6.03. The lowest BCUT2D eigenvalue weighted by atomic mass is 10.1. The molecule has 3 aromatic carbocycles. The van der Waals surface area contributed by atoms with E-state index in [1.807, 2.05) is 19.9 Å². The summed E-state index contributed by atoms with van der Waals surface area (Å²) < 4.78 is 27.6. The van der Waals surface area contributed by atoms with Gasteiger partial charge in [-0.1, -0.05) is 35.4 Å². The summed E-state index contributed by atoms with van der Waals surface area (Å²) in [4.78, 5) is 13.0.